The molecule has 5 N–H and O–H groups in total. The van der Waals surface area contributed by atoms with E-state index in [2.05, 4.69) is 6.92 Å². The summed E-state index contributed by atoms with van der Waals surface area (Å²) in [5, 5.41) is 42.5. The van der Waals surface area contributed by atoms with Crippen molar-refractivity contribution in [2.75, 3.05) is 6.61 Å². The molecule has 0 bridgehead atoms. The van der Waals surface area contributed by atoms with Crippen LogP contribution in [0.25, 0.3) is 0 Å². The maximum atomic E-state index is 10.3. The molecule has 0 aromatic rings. The van der Waals surface area contributed by atoms with Crippen molar-refractivity contribution in [3.05, 3.63) is 0 Å². The molecule has 0 aliphatic carbocycles. The number of carboxylic acids is 3. The number of carboxylic acid groups (broad SMARTS) is 3. The average molecular weight is 587 g/mol. The Morgan fingerprint density at radius 3 is 0.897 bits per heavy atom. The molecule has 0 heterocycles. The number of aliphatic hydroxyl groups excluding tert-OH is 1. The third-order valence-electron chi connectivity index (χ3n) is 6.80. The van der Waals surface area contributed by atoms with Gasteiger partial charge in [-0.05, 0) is 6.42 Å². The molecule has 0 aromatic carbocycles. The van der Waals surface area contributed by atoms with Crippen LogP contribution in [0.15, 0.2) is 0 Å². The number of aliphatic carboxylic acids is 3. The van der Waals surface area contributed by atoms with Gasteiger partial charge in [-0.1, -0.05) is 142 Å². The predicted octanol–water partition coefficient (Wildman–Crippen LogP) is 6.68. The van der Waals surface area contributed by atoms with Crippen molar-refractivity contribution in [3.8, 4) is 0 Å². The number of unbranched alkanes of at least 4 members (excludes halogenated alkanes) is 21. The van der Waals surface area contributed by atoms with E-state index < -0.39 is 36.4 Å². The number of aliphatic hydroxyl groups is 2. The topological polar surface area (TPSA) is 152 Å². The molecular formula is C30H59KO8. The first-order valence-electron chi connectivity index (χ1n) is 15.2. The molecule has 0 rings (SSSR count). The molecule has 0 saturated carbocycles. The van der Waals surface area contributed by atoms with E-state index in [9.17, 15) is 14.4 Å². The van der Waals surface area contributed by atoms with Crippen LogP contribution in [0.5, 0.6) is 0 Å². The van der Waals surface area contributed by atoms with E-state index in [0.29, 0.717) is 6.61 Å². The Morgan fingerprint density at radius 2 is 0.718 bits per heavy atom. The normalized spacial score (nSPS) is 10.8. The minimum atomic E-state index is -2.74. The fraction of sp³-hybridized carbons (Fsp3) is 0.900. The fourth-order valence-corrected chi connectivity index (χ4v) is 4.43. The van der Waals surface area contributed by atoms with Gasteiger partial charge in [0, 0.05) is 6.61 Å². The molecule has 8 nitrogen and oxygen atoms in total. The number of hydrogen-bond donors (Lipinski definition) is 5. The Balaban J connectivity index is -0.000000783. The molecular weight excluding hydrogens is 527 g/mol. The summed E-state index contributed by atoms with van der Waals surface area (Å²) in [6.07, 6.45) is 28.8. The molecule has 0 amide bonds. The van der Waals surface area contributed by atoms with Crippen molar-refractivity contribution in [2.24, 2.45) is 0 Å². The van der Waals surface area contributed by atoms with Gasteiger partial charge in [-0.15, -0.1) is 0 Å². The van der Waals surface area contributed by atoms with Crippen LogP contribution in [0.1, 0.15) is 161 Å². The van der Waals surface area contributed by atoms with Crippen LogP contribution in [-0.2, 0) is 14.4 Å². The molecule has 0 aliphatic rings. The predicted molar refractivity (Wildman–Crippen MR) is 159 cm³/mol. The standard InChI is InChI=1S/C24H50O.C6H8O7.K.H/c1-2-3-4-5-6-7-8-9-10-11-12-13-14-15-16-17-18-19-20-21-22-23-24-25;7-3(8)1-6(13,5(11)12)2-4(9)10;;/h25H,2-24H2,1H3;13H,1-2H2,(H,7,8)(H,9,10)(H,11,12);;. The second-order valence-electron chi connectivity index (χ2n) is 10.6. The molecule has 228 valence electrons. The van der Waals surface area contributed by atoms with Gasteiger partial charge in [-0.2, -0.15) is 0 Å². The van der Waals surface area contributed by atoms with Gasteiger partial charge < -0.3 is 25.5 Å². The zero-order valence-electron chi connectivity index (χ0n) is 24.1. The Morgan fingerprint density at radius 1 is 0.487 bits per heavy atom. The van der Waals surface area contributed by atoms with Crippen LogP contribution in [0, 0.1) is 0 Å². The SMILES string of the molecule is CCCCCCCCCCCCCCCCCCCCCCCCO.O=C(O)CC(O)(CC(=O)O)C(=O)O.[KH]. The van der Waals surface area contributed by atoms with Crippen molar-refractivity contribution in [2.45, 2.75) is 167 Å². The Hall–Kier alpha value is -0.0336. The van der Waals surface area contributed by atoms with Crippen molar-refractivity contribution in [1.82, 2.24) is 0 Å². The molecule has 9 heteroatoms. The fourth-order valence-electron chi connectivity index (χ4n) is 4.43. The van der Waals surface area contributed by atoms with Crippen LogP contribution in [0.3, 0.4) is 0 Å². The molecule has 0 aromatic heterocycles. The molecule has 0 aliphatic heterocycles. The van der Waals surface area contributed by atoms with Gasteiger partial charge >= 0.3 is 69.3 Å². The summed E-state index contributed by atoms with van der Waals surface area (Å²) in [5.74, 6) is -5.02. The van der Waals surface area contributed by atoms with Crippen LogP contribution in [0.2, 0.25) is 0 Å². The first-order chi connectivity index (χ1) is 18.2. The molecule has 0 fully saturated rings. The Labute approximate surface area is 280 Å². The molecule has 0 radical (unpaired) electrons. The van der Waals surface area contributed by atoms with Gasteiger partial charge in [0.05, 0.1) is 12.8 Å². The summed E-state index contributed by atoms with van der Waals surface area (Å²) in [6.45, 7) is 2.67. The summed E-state index contributed by atoms with van der Waals surface area (Å²) < 4.78 is 0. The zero-order valence-corrected chi connectivity index (χ0v) is 24.1. The second-order valence-corrected chi connectivity index (χ2v) is 10.6. The van der Waals surface area contributed by atoms with E-state index in [-0.39, 0.29) is 51.4 Å². The quantitative estimate of drug-likeness (QED) is 0.0527. The first-order valence-corrected chi connectivity index (χ1v) is 15.2. The van der Waals surface area contributed by atoms with Gasteiger partial charge in [0.15, 0.2) is 5.60 Å². The van der Waals surface area contributed by atoms with E-state index in [4.69, 9.17) is 25.5 Å². The summed E-state index contributed by atoms with van der Waals surface area (Å²) >= 11 is 0. The van der Waals surface area contributed by atoms with Crippen molar-refractivity contribution >= 4 is 69.3 Å². The maximum absolute atomic E-state index is 10.3. The summed E-state index contributed by atoms with van der Waals surface area (Å²) in [6, 6.07) is 0. The summed E-state index contributed by atoms with van der Waals surface area (Å²) in [7, 11) is 0. The summed E-state index contributed by atoms with van der Waals surface area (Å²) in [5.41, 5.74) is -2.74. The Kier molecular flexibility index (Phi) is 36.2. The van der Waals surface area contributed by atoms with Crippen LogP contribution in [-0.4, -0.2) is 107 Å². The van der Waals surface area contributed by atoms with Crippen LogP contribution >= 0.6 is 0 Å². The van der Waals surface area contributed by atoms with E-state index in [1.54, 1.807) is 0 Å². The zero-order chi connectivity index (χ0) is 28.9. The van der Waals surface area contributed by atoms with Gasteiger partial charge in [-0.25, -0.2) is 4.79 Å². The van der Waals surface area contributed by atoms with Crippen molar-refractivity contribution in [3.63, 3.8) is 0 Å². The third kappa shape index (κ3) is 34.1. The van der Waals surface area contributed by atoms with Gasteiger partial charge in [0.25, 0.3) is 0 Å². The van der Waals surface area contributed by atoms with E-state index in [1.807, 2.05) is 0 Å². The molecule has 0 saturated heterocycles. The number of hydrogen-bond acceptors (Lipinski definition) is 5. The number of carbonyl (C=O) groups is 3. The van der Waals surface area contributed by atoms with Crippen molar-refractivity contribution in [1.29, 1.82) is 0 Å². The second kappa shape index (κ2) is 32.5. The molecule has 0 spiro atoms. The van der Waals surface area contributed by atoms with E-state index in [1.165, 1.54) is 135 Å². The van der Waals surface area contributed by atoms with Crippen molar-refractivity contribution < 1.29 is 39.9 Å². The Bertz CT molecular complexity index is 533. The van der Waals surface area contributed by atoms with Gasteiger partial charge in [0.2, 0.25) is 0 Å². The average Bonchev–Trinajstić information content (AvgIpc) is 2.84. The van der Waals surface area contributed by atoms with Crippen LogP contribution in [0.4, 0.5) is 0 Å². The van der Waals surface area contributed by atoms with Gasteiger partial charge in [-0.3, -0.25) is 9.59 Å². The number of rotatable bonds is 27. The minimum absolute atomic E-state index is 0. The molecule has 0 unspecified atom stereocenters. The third-order valence-corrected chi connectivity index (χ3v) is 6.80. The monoisotopic (exact) mass is 586 g/mol. The summed E-state index contributed by atoms with van der Waals surface area (Å²) in [4.78, 5) is 30.5. The first kappa shape index (κ1) is 43.4. The molecule has 0 atom stereocenters. The van der Waals surface area contributed by atoms with E-state index in [0.717, 1.165) is 6.42 Å². The van der Waals surface area contributed by atoms with E-state index >= 15 is 0 Å². The van der Waals surface area contributed by atoms with Gasteiger partial charge in [0.1, 0.15) is 0 Å². The molecule has 39 heavy (non-hydrogen) atoms. The van der Waals surface area contributed by atoms with Crippen LogP contribution < -0.4 is 0 Å².